The van der Waals surface area contributed by atoms with Crippen LogP contribution in [0.5, 0.6) is 5.75 Å². The normalized spacial score (nSPS) is 13.1. The van der Waals surface area contributed by atoms with E-state index in [9.17, 15) is 9.59 Å². The summed E-state index contributed by atoms with van der Waals surface area (Å²) >= 11 is 0. The molecule has 0 bridgehead atoms. The molecule has 1 aromatic heterocycles. The lowest BCUT2D eigenvalue weighted by Crippen LogP contribution is -2.31. The van der Waals surface area contributed by atoms with Gasteiger partial charge in [0.15, 0.2) is 0 Å². The molecule has 0 saturated carbocycles. The summed E-state index contributed by atoms with van der Waals surface area (Å²) in [4.78, 5) is 23.5. The molecule has 1 amide bonds. The molecule has 3 rings (SSSR count). The second-order valence-corrected chi connectivity index (χ2v) is 5.34. The topological polar surface area (TPSA) is 60.3 Å². The number of rotatable bonds is 4. The first-order valence-electron chi connectivity index (χ1n) is 7.39. The average Bonchev–Trinajstić information content (AvgIpc) is 2.55. The minimum atomic E-state index is -0.178. The van der Waals surface area contributed by atoms with Gasteiger partial charge in [-0.1, -0.05) is 18.2 Å². The van der Waals surface area contributed by atoms with Crippen molar-refractivity contribution in [3.63, 3.8) is 0 Å². The number of nitrogens with one attached hydrogen (secondary N) is 1. The van der Waals surface area contributed by atoms with Gasteiger partial charge in [-0.05, 0) is 36.1 Å². The van der Waals surface area contributed by atoms with Gasteiger partial charge in [-0.3, -0.25) is 9.59 Å². The minimum absolute atomic E-state index is 0.0354. The van der Waals surface area contributed by atoms with Gasteiger partial charge in [-0.25, -0.2) is 0 Å². The summed E-state index contributed by atoms with van der Waals surface area (Å²) in [7, 11) is 0. The fraction of sp³-hybridized carbons (Fsp3) is 0.294. The van der Waals surface area contributed by atoms with Crippen molar-refractivity contribution in [1.29, 1.82) is 0 Å². The van der Waals surface area contributed by atoms with Gasteiger partial charge < -0.3 is 14.6 Å². The first kappa shape index (κ1) is 14.4. The zero-order chi connectivity index (χ0) is 15.4. The van der Waals surface area contributed by atoms with Crippen molar-refractivity contribution in [2.24, 2.45) is 0 Å². The molecule has 0 unspecified atom stereocenters. The number of nitrogens with zero attached hydrogens (tertiary/aromatic N) is 1. The molecule has 5 nitrogen and oxygen atoms in total. The maximum atomic E-state index is 11.9. The fourth-order valence-electron chi connectivity index (χ4n) is 2.53. The zero-order valence-corrected chi connectivity index (χ0v) is 12.2. The first-order valence-corrected chi connectivity index (χ1v) is 7.39. The number of carbonyl (C=O) groups excluding carboxylic acids is 1. The van der Waals surface area contributed by atoms with E-state index in [0.29, 0.717) is 6.54 Å². The average molecular weight is 298 g/mol. The number of pyridine rings is 1. The number of hydrogen-bond acceptors (Lipinski definition) is 3. The monoisotopic (exact) mass is 298 g/mol. The van der Waals surface area contributed by atoms with E-state index in [-0.39, 0.29) is 18.0 Å². The van der Waals surface area contributed by atoms with Crippen molar-refractivity contribution in [2.75, 3.05) is 6.61 Å². The molecule has 1 N–H and O–H groups in total. The van der Waals surface area contributed by atoms with Gasteiger partial charge in [0.1, 0.15) is 12.3 Å². The first-order chi connectivity index (χ1) is 10.7. The van der Waals surface area contributed by atoms with Crippen molar-refractivity contribution in [3.8, 4) is 5.75 Å². The van der Waals surface area contributed by atoms with Crippen LogP contribution in [0.2, 0.25) is 0 Å². The van der Waals surface area contributed by atoms with Crippen LogP contribution >= 0.6 is 0 Å². The Morgan fingerprint density at radius 3 is 3.05 bits per heavy atom. The maximum absolute atomic E-state index is 11.9. The molecule has 0 aliphatic carbocycles. The maximum Gasteiger partial charge on any atom is 0.250 e. The van der Waals surface area contributed by atoms with Crippen LogP contribution in [0.4, 0.5) is 0 Å². The third-order valence-corrected chi connectivity index (χ3v) is 3.68. The Morgan fingerprint density at radius 1 is 1.27 bits per heavy atom. The number of benzene rings is 1. The summed E-state index contributed by atoms with van der Waals surface area (Å²) in [5, 5.41) is 2.84. The van der Waals surface area contributed by atoms with Crippen LogP contribution in [0.3, 0.4) is 0 Å². The van der Waals surface area contributed by atoms with Crippen LogP contribution < -0.4 is 15.6 Å². The third kappa shape index (κ3) is 3.36. The Labute approximate surface area is 128 Å². The van der Waals surface area contributed by atoms with Crippen molar-refractivity contribution in [2.45, 2.75) is 25.9 Å². The molecule has 5 heteroatoms. The molecule has 0 atom stereocenters. The second-order valence-electron chi connectivity index (χ2n) is 5.34. The third-order valence-electron chi connectivity index (χ3n) is 3.68. The Kier molecular flexibility index (Phi) is 4.23. The fourth-order valence-corrected chi connectivity index (χ4v) is 2.53. The van der Waals surface area contributed by atoms with Crippen molar-refractivity contribution in [1.82, 2.24) is 9.88 Å². The van der Waals surface area contributed by atoms with Crippen LogP contribution in [-0.4, -0.2) is 17.1 Å². The van der Waals surface area contributed by atoms with Crippen molar-refractivity contribution < 1.29 is 9.53 Å². The molecule has 22 heavy (non-hydrogen) atoms. The number of hydrogen-bond donors (Lipinski definition) is 1. The number of amides is 1. The number of fused-ring (bicyclic) bond motifs is 1. The van der Waals surface area contributed by atoms with Gasteiger partial charge in [-0.15, -0.1) is 0 Å². The highest BCUT2D eigenvalue weighted by molar-refractivity contribution is 5.75. The lowest BCUT2D eigenvalue weighted by Gasteiger charge is -2.18. The molecule has 2 heterocycles. The molecule has 0 spiro atoms. The van der Waals surface area contributed by atoms with E-state index in [1.54, 1.807) is 18.3 Å². The van der Waals surface area contributed by atoms with E-state index >= 15 is 0 Å². The molecule has 1 aliphatic rings. The summed E-state index contributed by atoms with van der Waals surface area (Å²) in [5.41, 5.74) is 2.05. The van der Waals surface area contributed by atoms with Gasteiger partial charge in [0, 0.05) is 18.8 Å². The molecule has 2 aromatic rings. The highest BCUT2D eigenvalue weighted by Crippen LogP contribution is 2.25. The van der Waals surface area contributed by atoms with E-state index in [1.165, 1.54) is 16.2 Å². The van der Waals surface area contributed by atoms with Gasteiger partial charge in [0.2, 0.25) is 5.91 Å². The van der Waals surface area contributed by atoms with Crippen LogP contribution in [0.1, 0.15) is 17.5 Å². The number of ether oxygens (including phenoxy) is 1. The predicted octanol–water partition coefficient (Wildman–Crippen LogP) is 1.49. The van der Waals surface area contributed by atoms with Crippen LogP contribution in [0.15, 0.2) is 47.4 Å². The quantitative estimate of drug-likeness (QED) is 0.930. The Hall–Kier alpha value is -2.56. The van der Waals surface area contributed by atoms with E-state index < -0.39 is 0 Å². The van der Waals surface area contributed by atoms with E-state index in [1.807, 2.05) is 12.1 Å². The zero-order valence-electron chi connectivity index (χ0n) is 12.2. The molecule has 0 fully saturated rings. The summed E-state index contributed by atoms with van der Waals surface area (Å²) < 4.78 is 6.96. The number of aryl methyl sites for hydroxylation is 1. The summed E-state index contributed by atoms with van der Waals surface area (Å²) in [5.74, 6) is 0.763. The molecule has 114 valence electrons. The second kappa shape index (κ2) is 6.47. The Morgan fingerprint density at radius 2 is 2.18 bits per heavy atom. The lowest BCUT2D eigenvalue weighted by molar-refractivity contribution is -0.121. The minimum Gasteiger partial charge on any atom is -0.493 e. The largest absolute Gasteiger partial charge is 0.493 e. The van der Waals surface area contributed by atoms with Crippen LogP contribution in [-0.2, 0) is 24.3 Å². The Balaban J connectivity index is 1.59. The van der Waals surface area contributed by atoms with Crippen molar-refractivity contribution >= 4 is 5.91 Å². The smallest absolute Gasteiger partial charge is 0.250 e. The van der Waals surface area contributed by atoms with Gasteiger partial charge in [-0.2, -0.15) is 0 Å². The van der Waals surface area contributed by atoms with E-state index in [4.69, 9.17) is 4.74 Å². The Bertz CT molecular complexity index is 737. The van der Waals surface area contributed by atoms with Gasteiger partial charge in [0.25, 0.3) is 5.56 Å². The molecule has 0 radical (unpaired) electrons. The van der Waals surface area contributed by atoms with E-state index in [2.05, 4.69) is 11.4 Å². The molecule has 1 aliphatic heterocycles. The molecular weight excluding hydrogens is 280 g/mol. The molecular formula is C17H18N2O3. The highest BCUT2D eigenvalue weighted by Gasteiger charge is 2.11. The van der Waals surface area contributed by atoms with Crippen LogP contribution in [0.25, 0.3) is 0 Å². The molecule has 0 saturated heterocycles. The van der Waals surface area contributed by atoms with Crippen molar-refractivity contribution in [3.05, 3.63) is 64.1 Å². The lowest BCUT2D eigenvalue weighted by atomic mass is 10.0. The highest BCUT2D eigenvalue weighted by atomic mass is 16.5. The summed E-state index contributed by atoms with van der Waals surface area (Å²) in [6.07, 6.45) is 3.65. The number of carbonyl (C=O) groups is 1. The van der Waals surface area contributed by atoms with Gasteiger partial charge in [0.05, 0.1) is 6.61 Å². The SMILES string of the molecule is O=C(Cn1ccccc1=O)NCc1ccc2c(c1)CCCO2. The summed E-state index contributed by atoms with van der Waals surface area (Å²) in [6, 6.07) is 10.8. The number of aromatic nitrogens is 1. The van der Waals surface area contributed by atoms with Gasteiger partial charge >= 0.3 is 0 Å². The molecule has 1 aromatic carbocycles. The van der Waals surface area contributed by atoms with E-state index in [0.717, 1.165) is 30.8 Å². The predicted molar refractivity (Wildman–Crippen MR) is 82.8 cm³/mol. The standard InChI is InChI=1S/C17H18N2O3/c20-16(12-19-8-2-1-5-17(19)21)18-11-13-6-7-15-14(10-13)4-3-9-22-15/h1-2,5-8,10H,3-4,9,11-12H2,(H,18,20). The summed E-state index contributed by atoms with van der Waals surface area (Å²) in [6.45, 7) is 1.26. The van der Waals surface area contributed by atoms with Crippen LogP contribution in [0, 0.1) is 0 Å².